The molecular formula is C20H21N5O3. The summed E-state index contributed by atoms with van der Waals surface area (Å²) in [5, 5.41) is 1.03. The monoisotopic (exact) mass is 379 g/mol. The van der Waals surface area contributed by atoms with Gasteiger partial charge in [-0.15, -0.1) is 0 Å². The summed E-state index contributed by atoms with van der Waals surface area (Å²) in [5.74, 6) is 0. The first-order valence-electron chi connectivity index (χ1n) is 9.38. The number of nitrogens with zero attached hydrogens (tertiary/aromatic N) is 3. The Bertz CT molecular complexity index is 1190. The maximum atomic E-state index is 12.5. The van der Waals surface area contributed by atoms with E-state index in [0.717, 1.165) is 40.5 Å². The van der Waals surface area contributed by atoms with Crippen LogP contribution >= 0.6 is 0 Å². The van der Waals surface area contributed by atoms with Gasteiger partial charge in [0, 0.05) is 55.2 Å². The molecule has 0 amide bonds. The second kappa shape index (κ2) is 6.88. The van der Waals surface area contributed by atoms with Crippen LogP contribution in [0, 0.1) is 0 Å². The predicted molar refractivity (Wildman–Crippen MR) is 105 cm³/mol. The van der Waals surface area contributed by atoms with E-state index in [1.807, 2.05) is 24.5 Å². The van der Waals surface area contributed by atoms with E-state index in [2.05, 4.69) is 26.0 Å². The van der Waals surface area contributed by atoms with E-state index in [9.17, 15) is 4.79 Å². The lowest BCUT2D eigenvalue weighted by atomic mass is 10.1. The molecule has 5 rings (SSSR count). The van der Waals surface area contributed by atoms with Crippen molar-refractivity contribution in [3.05, 3.63) is 47.3 Å². The quantitative estimate of drug-likeness (QED) is 0.568. The van der Waals surface area contributed by atoms with Crippen LogP contribution in [0.25, 0.3) is 33.3 Å². The number of pyridine rings is 2. The van der Waals surface area contributed by atoms with Crippen molar-refractivity contribution in [3.63, 3.8) is 0 Å². The number of H-pyrrole nitrogens is 2. The van der Waals surface area contributed by atoms with Gasteiger partial charge in [0.05, 0.1) is 24.3 Å². The number of imidazole rings is 1. The highest BCUT2D eigenvalue weighted by atomic mass is 16.5. The summed E-state index contributed by atoms with van der Waals surface area (Å²) in [6.45, 7) is 1.12. The number of ether oxygens (including phenoxy) is 2. The van der Waals surface area contributed by atoms with Crippen molar-refractivity contribution in [3.8, 4) is 11.1 Å². The maximum Gasteiger partial charge on any atom is 0.327 e. The van der Waals surface area contributed by atoms with Crippen molar-refractivity contribution in [2.75, 3.05) is 13.7 Å². The Hall–Kier alpha value is -2.97. The molecule has 0 radical (unpaired) electrons. The van der Waals surface area contributed by atoms with Gasteiger partial charge in [-0.25, -0.2) is 14.8 Å². The normalized spacial score (nSPS) is 20.2. The summed E-state index contributed by atoms with van der Waals surface area (Å²) in [5.41, 5.74) is 3.87. The molecule has 0 bridgehead atoms. The second-order valence-electron chi connectivity index (χ2n) is 7.15. The molecule has 1 aliphatic rings. The number of nitrogens with one attached hydrogen (secondary N) is 2. The van der Waals surface area contributed by atoms with Gasteiger partial charge in [-0.3, -0.25) is 9.55 Å². The Morgan fingerprint density at radius 1 is 1.25 bits per heavy atom. The lowest BCUT2D eigenvalue weighted by molar-refractivity contribution is -0.0638. The number of aromatic nitrogens is 5. The average molecular weight is 379 g/mol. The molecule has 0 aliphatic carbocycles. The molecule has 1 fully saturated rings. The van der Waals surface area contributed by atoms with E-state index in [4.69, 9.17) is 9.47 Å². The fourth-order valence-corrected chi connectivity index (χ4v) is 3.86. The lowest BCUT2D eigenvalue weighted by Crippen LogP contribution is -2.35. The highest BCUT2D eigenvalue weighted by Crippen LogP contribution is 2.25. The highest BCUT2D eigenvalue weighted by Gasteiger charge is 2.24. The smallest absolute Gasteiger partial charge is 0.327 e. The Morgan fingerprint density at radius 2 is 2.07 bits per heavy atom. The molecule has 144 valence electrons. The largest absolute Gasteiger partial charge is 0.381 e. The van der Waals surface area contributed by atoms with E-state index in [-0.39, 0.29) is 17.9 Å². The molecule has 2 atom stereocenters. The second-order valence-corrected chi connectivity index (χ2v) is 7.15. The maximum absolute atomic E-state index is 12.5. The number of aromatic amines is 2. The minimum absolute atomic E-state index is 0.0584. The van der Waals surface area contributed by atoms with Crippen molar-refractivity contribution in [2.45, 2.75) is 31.6 Å². The van der Waals surface area contributed by atoms with Crippen molar-refractivity contribution in [2.24, 2.45) is 0 Å². The molecule has 1 aliphatic heterocycles. The van der Waals surface area contributed by atoms with Crippen molar-refractivity contribution >= 4 is 22.2 Å². The first kappa shape index (κ1) is 17.2. The van der Waals surface area contributed by atoms with E-state index in [1.165, 1.54) is 0 Å². The van der Waals surface area contributed by atoms with Crippen LogP contribution in [0.2, 0.25) is 0 Å². The third kappa shape index (κ3) is 3.00. The fraction of sp³-hybridized carbons (Fsp3) is 0.350. The van der Waals surface area contributed by atoms with Crippen LogP contribution in [0.4, 0.5) is 0 Å². The van der Waals surface area contributed by atoms with Gasteiger partial charge in [-0.2, -0.15) is 0 Å². The predicted octanol–water partition coefficient (Wildman–Crippen LogP) is 2.46. The number of fused-ring (bicyclic) bond motifs is 2. The Morgan fingerprint density at radius 3 is 2.93 bits per heavy atom. The SMILES string of the molecule is CO[C@H]1CCO[C@@H](Cn2c(=O)[nH]c3ncc(-c4cnc5[nH]ccc5c4)cc32)C1. The van der Waals surface area contributed by atoms with Crippen LogP contribution in [0.5, 0.6) is 0 Å². The van der Waals surface area contributed by atoms with Gasteiger partial charge in [-0.05, 0) is 24.6 Å². The first-order chi connectivity index (χ1) is 13.7. The fourth-order valence-electron chi connectivity index (χ4n) is 3.86. The topological polar surface area (TPSA) is 97.8 Å². The number of rotatable bonds is 4. The number of methoxy groups -OCH3 is 1. The standard InChI is InChI=1S/C20H21N5O3/c1-27-15-3-5-28-16(8-15)11-25-17-7-14(10-23-19(17)24-20(25)26)13-6-12-2-4-21-18(12)22-9-13/h2,4,6-7,9-10,15-16H,3,5,8,11H2,1H3,(H,21,22)(H,23,24,26)/t15-,16+/m0/s1. The minimum Gasteiger partial charge on any atom is -0.381 e. The van der Waals surface area contributed by atoms with E-state index >= 15 is 0 Å². The van der Waals surface area contributed by atoms with E-state index < -0.39 is 0 Å². The minimum atomic E-state index is -0.179. The van der Waals surface area contributed by atoms with Gasteiger partial charge < -0.3 is 14.5 Å². The van der Waals surface area contributed by atoms with Crippen LogP contribution in [-0.2, 0) is 16.0 Å². The number of hydrogen-bond acceptors (Lipinski definition) is 5. The molecular weight excluding hydrogens is 358 g/mol. The van der Waals surface area contributed by atoms with Gasteiger partial charge in [0.2, 0.25) is 0 Å². The third-order valence-corrected chi connectivity index (χ3v) is 5.40. The van der Waals surface area contributed by atoms with Crippen LogP contribution in [0.3, 0.4) is 0 Å². The molecule has 0 spiro atoms. The molecule has 4 aromatic rings. The first-order valence-corrected chi connectivity index (χ1v) is 9.38. The third-order valence-electron chi connectivity index (χ3n) is 5.40. The Labute approximate surface area is 160 Å². The van der Waals surface area contributed by atoms with Crippen molar-refractivity contribution < 1.29 is 9.47 Å². The molecule has 8 heteroatoms. The summed E-state index contributed by atoms with van der Waals surface area (Å²) >= 11 is 0. The summed E-state index contributed by atoms with van der Waals surface area (Å²) in [6.07, 6.45) is 7.21. The summed E-state index contributed by atoms with van der Waals surface area (Å²) in [6, 6.07) is 6.02. The molecule has 5 heterocycles. The Kier molecular flexibility index (Phi) is 4.22. The Balaban J connectivity index is 1.52. The van der Waals surface area contributed by atoms with Gasteiger partial charge in [0.15, 0.2) is 5.65 Å². The van der Waals surface area contributed by atoms with E-state index in [0.29, 0.717) is 18.8 Å². The number of hydrogen-bond donors (Lipinski definition) is 2. The van der Waals surface area contributed by atoms with Crippen LogP contribution in [-0.4, -0.2) is 50.4 Å². The summed E-state index contributed by atoms with van der Waals surface area (Å²) in [4.78, 5) is 27.3. The zero-order valence-electron chi connectivity index (χ0n) is 15.5. The summed E-state index contributed by atoms with van der Waals surface area (Å²) in [7, 11) is 1.72. The molecule has 0 aromatic carbocycles. The van der Waals surface area contributed by atoms with Gasteiger partial charge in [0.1, 0.15) is 5.65 Å². The van der Waals surface area contributed by atoms with Gasteiger partial charge in [-0.1, -0.05) is 0 Å². The van der Waals surface area contributed by atoms with Crippen molar-refractivity contribution in [1.29, 1.82) is 0 Å². The van der Waals surface area contributed by atoms with Crippen LogP contribution in [0.1, 0.15) is 12.8 Å². The van der Waals surface area contributed by atoms with Crippen LogP contribution < -0.4 is 5.69 Å². The molecule has 0 unspecified atom stereocenters. The molecule has 4 aromatic heterocycles. The molecule has 0 saturated carbocycles. The summed E-state index contributed by atoms with van der Waals surface area (Å²) < 4.78 is 13.0. The van der Waals surface area contributed by atoms with E-state index in [1.54, 1.807) is 17.9 Å². The zero-order chi connectivity index (χ0) is 19.1. The van der Waals surface area contributed by atoms with Crippen LogP contribution in [0.15, 0.2) is 41.6 Å². The lowest BCUT2D eigenvalue weighted by Gasteiger charge is -2.28. The molecule has 8 nitrogen and oxygen atoms in total. The highest BCUT2D eigenvalue weighted by molar-refractivity contribution is 5.84. The average Bonchev–Trinajstić information content (AvgIpc) is 3.31. The van der Waals surface area contributed by atoms with Gasteiger partial charge >= 0.3 is 5.69 Å². The zero-order valence-corrected chi connectivity index (χ0v) is 15.5. The van der Waals surface area contributed by atoms with Gasteiger partial charge in [0.25, 0.3) is 0 Å². The molecule has 2 N–H and O–H groups in total. The van der Waals surface area contributed by atoms with Crippen molar-refractivity contribution in [1.82, 2.24) is 24.5 Å². The molecule has 1 saturated heterocycles. The molecule has 28 heavy (non-hydrogen) atoms.